The first kappa shape index (κ1) is 19.2. The number of para-hydroxylation sites is 1. The third-order valence-electron chi connectivity index (χ3n) is 6.05. The lowest BCUT2D eigenvalue weighted by Gasteiger charge is -2.40. The smallest absolute Gasteiger partial charge is 0.0742 e. The zero-order valence-corrected chi connectivity index (χ0v) is 16.2. The summed E-state index contributed by atoms with van der Waals surface area (Å²) in [7, 11) is 0. The highest BCUT2D eigenvalue weighted by Crippen LogP contribution is 2.22. The molecule has 26 heavy (non-hydrogen) atoms. The van der Waals surface area contributed by atoms with Gasteiger partial charge in [-0.3, -0.25) is 4.90 Å². The molecule has 1 aliphatic heterocycles. The maximum atomic E-state index is 9.68. The van der Waals surface area contributed by atoms with Crippen LogP contribution in [0.5, 0.6) is 0 Å². The molecule has 3 rings (SSSR count). The van der Waals surface area contributed by atoms with Crippen LogP contribution in [0, 0.1) is 0 Å². The Labute approximate surface area is 158 Å². The van der Waals surface area contributed by atoms with E-state index >= 15 is 0 Å². The van der Waals surface area contributed by atoms with Gasteiger partial charge in [-0.15, -0.1) is 0 Å². The van der Waals surface area contributed by atoms with Gasteiger partial charge < -0.3 is 10.1 Å². The zero-order valence-electron chi connectivity index (χ0n) is 16.2. The molecule has 2 fully saturated rings. The SMILES string of the molecule is ON=C1CCCCCCCCCCC1N1CCN(c2ccccc2)CC1. The lowest BCUT2D eigenvalue weighted by Crippen LogP contribution is -2.52. The van der Waals surface area contributed by atoms with Crippen molar-refractivity contribution in [2.75, 3.05) is 31.1 Å². The number of oxime groups is 1. The Balaban J connectivity index is 1.60. The molecule has 1 heterocycles. The first-order chi connectivity index (χ1) is 12.9. The van der Waals surface area contributed by atoms with Gasteiger partial charge >= 0.3 is 0 Å². The van der Waals surface area contributed by atoms with Crippen LogP contribution in [0.4, 0.5) is 5.69 Å². The van der Waals surface area contributed by atoms with Gasteiger partial charge in [0.1, 0.15) is 0 Å². The highest BCUT2D eigenvalue weighted by atomic mass is 16.4. The van der Waals surface area contributed by atoms with Gasteiger partial charge in [0.15, 0.2) is 0 Å². The molecular weight excluding hydrogens is 322 g/mol. The number of nitrogens with zero attached hydrogens (tertiary/aromatic N) is 3. The molecule has 1 saturated carbocycles. The molecule has 1 aromatic rings. The molecule has 1 aliphatic carbocycles. The van der Waals surface area contributed by atoms with Crippen molar-refractivity contribution in [2.24, 2.45) is 5.16 Å². The van der Waals surface area contributed by atoms with Crippen molar-refractivity contribution < 1.29 is 5.21 Å². The first-order valence-electron chi connectivity index (χ1n) is 10.6. The molecule has 0 bridgehead atoms. The van der Waals surface area contributed by atoms with Crippen LogP contribution in [0.1, 0.15) is 64.2 Å². The number of piperazine rings is 1. The van der Waals surface area contributed by atoms with E-state index in [9.17, 15) is 5.21 Å². The van der Waals surface area contributed by atoms with Gasteiger partial charge in [0.25, 0.3) is 0 Å². The molecule has 0 radical (unpaired) electrons. The fourth-order valence-electron chi connectivity index (χ4n) is 4.48. The van der Waals surface area contributed by atoms with Crippen molar-refractivity contribution in [1.29, 1.82) is 0 Å². The average Bonchev–Trinajstić information content (AvgIpc) is 2.69. The summed E-state index contributed by atoms with van der Waals surface area (Å²) < 4.78 is 0. The van der Waals surface area contributed by atoms with E-state index in [1.54, 1.807) is 0 Å². The summed E-state index contributed by atoms with van der Waals surface area (Å²) in [5.41, 5.74) is 2.35. The summed E-state index contributed by atoms with van der Waals surface area (Å²) in [6.07, 6.45) is 12.6. The van der Waals surface area contributed by atoms with Crippen molar-refractivity contribution in [3.05, 3.63) is 30.3 Å². The Kier molecular flexibility index (Phi) is 7.81. The summed E-state index contributed by atoms with van der Waals surface area (Å²) in [6, 6.07) is 11.0. The Bertz CT molecular complexity index is 538. The molecule has 1 aromatic carbocycles. The van der Waals surface area contributed by atoms with E-state index < -0.39 is 0 Å². The Morgan fingerprint density at radius 3 is 2.04 bits per heavy atom. The van der Waals surface area contributed by atoms with Gasteiger partial charge in [0.2, 0.25) is 0 Å². The summed E-state index contributed by atoms with van der Waals surface area (Å²) in [4.78, 5) is 5.04. The van der Waals surface area contributed by atoms with Crippen molar-refractivity contribution in [3.63, 3.8) is 0 Å². The molecule has 1 N–H and O–H groups in total. The lowest BCUT2D eigenvalue weighted by molar-refractivity contribution is 0.208. The van der Waals surface area contributed by atoms with Gasteiger partial charge in [0.05, 0.1) is 11.8 Å². The van der Waals surface area contributed by atoms with E-state index in [4.69, 9.17) is 0 Å². The molecule has 4 heteroatoms. The molecular formula is C22H35N3O. The third-order valence-corrected chi connectivity index (χ3v) is 6.05. The number of hydrogen-bond acceptors (Lipinski definition) is 4. The van der Waals surface area contributed by atoms with Crippen LogP contribution < -0.4 is 4.90 Å². The molecule has 0 aromatic heterocycles. The standard InChI is InChI=1S/C22H35N3O/c26-23-21-14-10-5-3-1-2-4-6-11-15-22(21)25-18-16-24(17-19-25)20-12-8-7-9-13-20/h7-9,12-13,22,26H,1-6,10-11,14-19H2. The summed E-state index contributed by atoms with van der Waals surface area (Å²) in [6.45, 7) is 4.22. The average molecular weight is 358 g/mol. The number of rotatable bonds is 2. The minimum absolute atomic E-state index is 0.331. The van der Waals surface area contributed by atoms with Gasteiger partial charge in [-0.25, -0.2) is 0 Å². The minimum Gasteiger partial charge on any atom is -0.411 e. The van der Waals surface area contributed by atoms with Crippen molar-refractivity contribution in [2.45, 2.75) is 70.3 Å². The highest BCUT2D eigenvalue weighted by molar-refractivity contribution is 5.89. The molecule has 0 amide bonds. The summed E-state index contributed by atoms with van der Waals surface area (Å²) in [5, 5.41) is 13.4. The van der Waals surface area contributed by atoms with Crippen LogP contribution in [0.15, 0.2) is 35.5 Å². The molecule has 144 valence electrons. The van der Waals surface area contributed by atoms with Gasteiger partial charge in [-0.2, -0.15) is 0 Å². The number of benzene rings is 1. The van der Waals surface area contributed by atoms with Gasteiger partial charge in [-0.1, -0.05) is 68.3 Å². The largest absolute Gasteiger partial charge is 0.411 e. The second-order valence-corrected chi connectivity index (χ2v) is 7.83. The quantitative estimate of drug-likeness (QED) is 0.603. The maximum absolute atomic E-state index is 9.68. The molecule has 2 aliphatic rings. The fraction of sp³-hybridized carbons (Fsp3) is 0.682. The monoisotopic (exact) mass is 357 g/mol. The van der Waals surface area contributed by atoms with Gasteiger partial charge in [-0.05, 0) is 31.4 Å². The highest BCUT2D eigenvalue weighted by Gasteiger charge is 2.27. The normalized spacial score (nSPS) is 26.2. The van der Waals surface area contributed by atoms with Crippen molar-refractivity contribution in [1.82, 2.24) is 4.90 Å². The first-order valence-corrected chi connectivity index (χ1v) is 10.6. The Hall–Kier alpha value is -1.55. The molecule has 1 saturated heterocycles. The summed E-state index contributed by atoms with van der Waals surface area (Å²) >= 11 is 0. The predicted octanol–water partition coefficient (Wildman–Crippen LogP) is 4.92. The zero-order chi connectivity index (χ0) is 18.0. The molecule has 1 unspecified atom stereocenters. The van der Waals surface area contributed by atoms with E-state index in [0.29, 0.717) is 6.04 Å². The molecule has 1 atom stereocenters. The minimum atomic E-state index is 0.331. The Morgan fingerprint density at radius 2 is 1.38 bits per heavy atom. The van der Waals surface area contributed by atoms with Crippen LogP contribution in [0.25, 0.3) is 0 Å². The summed E-state index contributed by atoms with van der Waals surface area (Å²) in [5.74, 6) is 0. The lowest BCUT2D eigenvalue weighted by atomic mass is 9.95. The number of anilines is 1. The van der Waals surface area contributed by atoms with Crippen LogP contribution in [-0.2, 0) is 0 Å². The second-order valence-electron chi connectivity index (χ2n) is 7.83. The van der Waals surface area contributed by atoms with E-state index in [0.717, 1.165) is 44.7 Å². The van der Waals surface area contributed by atoms with E-state index in [-0.39, 0.29) is 0 Å². The fourth-order valence-corrected chi connectivity index (χ4v) is 4.48. The van der Waals surface area contributed by atoms with E-state index in [1.807, 2.05) is 0 Å². The van der Waals surface area contributed by atoms with Crippen molar-refractivity contribution >= 4 is 11.4 Å². The van der Waals surface area contributed by atoms with Crippen LogP contribution in [-0.4, -0.2) is 48.0 Å². The number of hydrogen-bond donors (Lipinski definition) is 1. The van der Waals surface area contributed by atoms with Crippen LogP contribution >= 0.6 is 0 Å². The molecule has 0 spiro atoms. The van der Waals surface area contributed by atoms with Gasteiger partial charge in [0, 0.05) is 31.9 Å². The predicted molar refractivity (Wildman–Crippen MR) is 109 cm³/mol. The Morgan fingerprint density at radius 1 is 0.769 bits per heavy atom. The van der Waals surface area contributed by atoms with Crippen LogP contribution in [0.3, 0.4) is 0 Å². The third kappa shape index (κ3) is 5.47. The van der Waals surface area contributed by atoms with Crippen LogP contribution in [0.2, 0.25) is 0 Å². The second kappa shape index (κ2) is 10.6. The molecule has 4 nitrogen and oxygen atoms in total. The maximum Gasteiger partial charge on any atom is 0.0742 e. The van der Waals surface area contributed by atoms with E-state index in [2.05, 4.69) is 45.3 Å². The van der Waals surface area contributed by atoms with Crippen molar-refractivity contribution in [3.8, 4) is 0 Å². The van der Waals surface area contributed by atoms with E-state index in [1.165, 1.54) is 57.1 Å². The topological polar surface area (TPSA) is 39.1 Å².